The molecule has 25 heavy (non-hydrogen) atoms. The number of aromatic nitrogens is 3. The minimum atomic E-state index is -0.285. The molecular weight excluding hydrogens is 352 g/mol. The number of ether oxygens (including phenoxy) is 1. The third-order valence-corrected chi connectivity index (χ3v) is 5.70. The summed E-state index contributed by atoms with van der Waals surface area (Å²) < 4.78 is 6.20. The van der Waals surface area contributed by atoms with Crippen molar-refractivity contribution in [2.45, 2.75) is 31.1 Å². The van der Waals surface area contributed by atoms with Gasteiger partial charge < -0.3 is 10.1 Å². The topological polar surface area (TPSA) is 59.9 Å². The van der Waals surface area contributed by atoms with Gasteiger partial charge in [-0.1, -0.05) is 49.4 Å². The van der Waals surface area contributed by atoms with E-state index in [1.54, 1.807) is 23.1 Å². The quantitative estimate of drug-likeness (QED) is 0.504. The van der Waals surface area contributed by atoms with Gasteiger partial charge in [0.25, 0.3) is 0 Å². The molecule has 128 valence electrons. The highest BCUT2D eigenvalue weighted by atomic mass is 32.2. The molecular formula is C18H18N4OS2. The summed E-state index contributed by atoms with van der Waals surface area (Å²) >= 11 is 3.27. The first-order valence-electron chi connectivity index (χ1n) is 8.28. The molecule has 0 aliphatic carbocycles. The van der Waals surface area contributed by atoms with Crippen LogP contribution in [0.2, 0.25) is 0 Å². The summed E-state index contributed by atoms with van der Waals surface area (Å²) in [4.78, 5) is 5.73. The van der Waals surface area contributed by atoms with Crippen LogP contribution in [-0.2, 0) is 0 Å². The van der Waals surface area contributed by atoms with Crippen LogP contribution in [0.1, 0.15) is 30.9 Å². The van der Waals surface area contributed by atoms with Crippen molar-refractivity contribution in [1.82, 2.24) is 15.2 Å². The SMILES string of the molecule is CCCCSc1nnc2c(n1)O[C@@H](c1cccs1)Nc1ccccc1-2. The molecule has 1 aromatic carbocycles. The van der Waals surface area contributed by atoms with Crippen LogP contribution in [0.3, 0.4) is 0 Å². The fourth-order valence-corrected chi connectivity index (χ4v) is 4.15. The molecule has 7 heteroatoms. The lowest BCUT2D eigenvalue weighted by atomic mass is 10.1. The van der Waals surface area contributed by atoms with E-state index in [-0.39, 0.29) is 6.23 Å². The molecule has 0 radical (unpaired) electrons. The molecule has 4 rings (SSSR count). The maximum atomic E-state index is 6.20. The molecule has 0 amide bonds. The lowest BCUT2D eigenvalue weighted by molar-refractivity contribution is 0.229. The van der Waals surface area contributed by atoms with Crippen LogP contribution in [0.15, 0.2) is 46.9 Å². The van der Waals surface area contributed by atoms with Crippen molar-refractivity contribution in [3.05, 3.63) is 46.7 Å². The second-order valence-electron chi connectivity index (χ2n) is 5.65. The van der Waals surface area contributed by atoms with Gasteiger partial charge in [-0.3, -0.25) is 0 Å². The number of hydrogen-bond donors (Lipinski definition) is 1. The molecule has 1 atom stereocenters. The van der Waals surface area contributed by atoms with Gasteiger partial charge in [-0.2, -0.15) is 4.98 Å². The number of anilines is 1. The zero-order valence-electron chi connectivity index (χ0n) is 13.8. The van der Waals surface area contributed by atoms with Crippen molar-refractivity contribution in [3.63, 3.8) is 0 Å². The summed E-state index contributed by atoms with van der Waals surface area (Å²) in [7, 11) is 0. The van der Waals surface area contributed by atoms with E-state index in [0.717, 1.165) is 34.7 Å². The smallest absolute Gasteiger partial charge is 0.247 e. The maximum Gasteiger partial charge on any atom is 0.247 e. The summed E-state index contributed by atoms with van der Waals surface area (Å²) in [5.41, 5.74) is 2.62. The predicted molar refractivity (Wildman–Crippen MR) is 102 cm³/mol. The van der Waals surface area contributed by atoms with Gasteiger partial charge in [0.1, 0.15) is 0 Å². The van der Waals surface area contributed by atoms with Gasteiger partial charge in [-0.05, 0) is 23.9 Å². The van der Waals surface area contributed by atoms with E-state index < -0.39 is 0 Å². The number of thioether (sulfide) groups is 1. The van der Waals surface area contributed by atoms with Crippen LogP contribution in [0.25, 0.3) is 11.3 Å². The van der Waals surface area contributed by atoms with Crippen LogP contribution in [0.4, 0.5) is 5.69 Å². The Morgan fingerprint density at radius 3 is 2.96 bits per heavy atom. The Hall–Kier alpha value is -2.12. The Morgan fingerprint density at radius 2 is 2.12 bits per heavy atom. The Bertz CT molecular complexity index is 854. The second kappa shape index (κ2) is 7.41. The number of benzene rings is 1. The Kier molecular flexibility index (Phi) is 4.85. The number of rotatable bonds is 5. The summed E-state index contributed by atoms with van der Waals surface area (Å²) in [6.07, 6.45) is 2.00. The monoisotopic (exact) mass is 370 g/mol. The summed E-state index contributed by atoms with van der Waals surface area (Å²) in [5.74, 6) is 1.52. The van der Waals surface area contributed by atoms with Crippen molar-refractivity contribution in [2.75, 3.05) is 11.1 Å². The van der Waals surface area contributed by atoms with E-state index in [9.17, 15) is 0 Å². The fraction of sp³-hybridized carbons (Fsp3) is 0.278. The van der Waals surface area contributed by atoms with Crippen LogP contribution in [-0.4, -0.2) is 20.9 Å². The number of unbranched alkanes of at least 4 members (excludes halogenated alkanes) is 1. The molecule has 1 N–H and O–H groups in total. The summed E-state index contributed by atoms with van der Waals surface area (Å²) in [6.45, 7) is 2.17. The van der Waals surface area contributed by atoms with E-state index >= 15 is 0 Å². The van der Waals surface area contributed by atoms with Crippen LogP contribution < -0.4 is 10.1 Å². The molecule has 5 nitrogen and oxygen atoms in total. The van der Waals surface area contributed by atoms with Gasteiger partial charge in [0.15, 0.2) is 5.69 Å². The number of fused-ring (bicyclic) bond motifs is 3. The maximum absolute atomic E-state index is 6.20. The highest BCUT2D eigenvalue weighted by Gasteiger charge is 2.26. The number of thiophene rings is 1. The lowest BCUT2D eigenvalue weighted by Crippen LogP contribution is -2.15. The van der Waals surface area contributed by atoms with Gasteiger partial charge >= 0.3 is 0 Å². The zero-order chi connectivity index (χ0) is 17.1. The normalized spacial score (nSPS) is 15.5. The standard InChI is InChI=1S/C18H18N4OS2/c1-2-3-10-25-18-20-17-15(21-22-18)12-7-4-5-8-13(12)19-16(23-17)14-9-6-11-24-14/h4-9,11,16,19H,2-3,10H2,1H3/t16-/m0/s1. The third-order valence-electron chi connectivity index (χ3n) is 3.86. The Labute approximate surface area is 154 Å². The van der Waals surface area contributed by atoms with Gasteiger partial charge in [0, 0.05) is 17.0 Å². The Morgan fingerprint density at radius 1 is 1.20 bits per heavy atom. The molecule has 3 heterocycles. The molecule has 2 aromatic heterocycles. The predicted octanol–water partition coefficient (Wildman–Crippen LogP) is 5.00. The number of nitrogens with one attached hydrogen (secondary N) is 1. The highest BCUT2D eigenvalue weighted by Crippen LogP contribution is 2.40. The number of hydrogen-bond acceptors (Lipinski definition) is 7. The number of para-hydroxylation sites is 1. The summed E-state index contributed by atoms with van der Waals surface area (Å²) in [5, 5.41) is 14.9. The van der Waals surface area contributed by atoms with E-state index in [2.05, 4.69) is 33.5 Å². The average molecular weight is 371 g/mol. The molecule has 0 saturated carbocycles. The van der Waals surface area contributed by atoms with Gasteiger partial charge in [-0.15, -0.1) is 21.5 Å². The van der Waals surface area contributed by atoms with E-state index in [1.807, 2.05) is 35.7 Å². The van der Waals surface area contributed by atoms with E-state index in [0.29, 0.717) is 16.7 Å². The van der Waals surface area contributed by atoms with Crippen molar-refractivity contribution in [3.8, 4) is 17.1 Å². The summed E-state index contributed by atoms with van der Waals surface area (Å²) in [6, 6.07) is 12.1. The van der Waals surface area contributed by atoms with Crippen molar-refractivity contribution < 1.29 is 4.74 Å². The number of nitrogens with zero attached hydrogens (tertiary/aromatic N) is 3. The van der Waals surface area contributed by atoms with Gasteiger partial charge in [0.05, 0.1) is 4.88 Å². The first-order valence-corrected chi connectivity index (χ1v) is 10.1. The molecule has 1 aliphatic rings. The third kappa shape index (κ3) is 3.48. The first kappa shape index (κ1) is 16.4. The van der Waals surface area contributed by atoms with Gasteiger partial charge in [0.2, 0.25) is 17.3 Å². The molecule has 3 aromatic rings. The molecule has 0 saturated heterocycles. The lowest BCUT2D eigenvalue weighted by Gasteiger charge is -2.17. The van der Waals surface area contributed by atoms with Crippen molar-refractivity contribution in [2.24, 2.45) is 0 Å². The molecule has 0 spiro atoms. The van der Waals surface area contributed by atoms with Crippen molar-refractivity contribution in [1.29, 1.82) is 0 Å². The second-order valence-corrected chi connectivity index (χ2v) is 7.69. The minimum Gasteiger partial charge on any atom is -0.447 e. The zero-order valence-corrected chi connectivity index (χ0v) is 15.4. The largest absolute Gasteiger partial charge is 0.447 e. The van der Waals surface area contributed by atoms with E-state index in [4.69, 9.17) is 4.74 Å². The van der Waals surface area contributed by atoms with E-state index in [1.165, 1.54) is 0 Å². The highest BCUT2D eigenvalue weighted by molar-refractivity contribution is 7.99. The fourth-order valence-electron chi connectivity index (χ4n) is 2.59. The molecule has 0 bridgehead atoms. The van der Waals surface area contributed by atoms with Crippen LogP contribution >= 0.6 is 23.1 Å². The molecule has 1 aliphatic heterocycles. The van der Waals surface area contributed by atoms with Crippen molar-refractivity contribution >= 4 is 28.8 Å². The Balaban J connectivity index is 1.73. The van der Waals surface area contributed by atoms with Gasteiger partial charge in [-0.25, -0.2) is 0 Å². The van der Waals surface area contributed by atoms with Crippen LogP contribution in [0, 0.1) is 0 Å². The first-order chi connectivity index (χ1) is 12.3. The molecule has 0 unspecified atom stereocenters. The van der Waals surface area contributed by atoms with Crippen LogP contribution in [0.5, 0.6) is 5.88 Å². The minimum absolute atomic E-state index is 0.285. The average Bonchev–Trinajstić information content (AvgIpc) is 3.12. The molecule has 0 fully saturated rings.